The number of ether oxygens (including phenoxy) is 1. The minimum Gasteiger partial charge on any atom is -0.398 e. The second kappa shape index (κ2) is 6.06. The van der Waals surface area contributed by atoms with Crippen molar-refractivity contribution in [2.24, 2.45) is 5.92 Å². The van der Waals surface area contributed by atoms with E-state index in [0.29, 0.717) is 12.7 Å². The SMILES string of the molecule is CCC1CCCCC1OCc1ccccc1N. The third-order valence-corrected chi connectivity index (χ3v) is 3.87. The van der Waals surface area contributed by atoms with E-state index in [4.69, 9.17) is 10.5 Å². The highest BCUT2D eigenvalue weighted by molar-refractivity contribution is 5.45. The van der Waals surface area contributed by atoms with Gasteiger partial charge in [0.15, 0.2) is 0 Å². The highest BCUT2D eigenvalue weighted by Gasteiger charge is 2.24. The van der Waals surface area contributed by atoms with Crippen LogP contribution < -0.4 is 5.73 Å². The molecule has 2 N–H and O–H groups in total. The molecule has 2 nitrogen and oxygen atoms in total. The molecule has 94 valence electrons. The van der Waals surface area contributed by atoms with Gasteiger partial charge in [0.1, 0.15) is 0 Å². The molecule has 0 bridgehead atoms. The Balaban J connectivity index is 1.90. The van der Waals surface area contributed by atoms with Crippen molar-refractivity contribution < 1.29 is 4.74 Å². The van der Waals surface area contributed by atoms with Crippen LogP contribution in [0, 0.1) is 5.92 Å². The molecule has 0 heterocycles. The number of anilines is 1. The third-order valence-electron chi connectivity index (χ3n) is 3.87. The Morgan fingerprint density at radius 2 is 2.00 bits per heavy atom. The van der Waals surface area contributed by atoms with Crippen LogP contribution in [0.25, 0.3) is 0 Å². The maximum Gasteiger partial charge on any atom is 0.0740 e. The summed E-state index contributed by atoms with van der Waals surface area (Å²) in [5.41, 5.74) is 7.89. The average Bonchev–Trinajstić information content (AvgIpc) is 2.38. The molecule has 1 aromatic carbocycles. The van der Waals surface area contributed by atoms with E-state index in [2.05, 4.69) is 13.0 Å². The van der Waals surface area contributed by atoms with Crippen LogP contribution in [-0.4, -0.2) is 6.10 Å². The highest BCUT2D eigenvalue weighted by atomic mass is 16.5. The molecule has 0 radical (unpaired) electrons. The summed E-state index contributed by atoms with van der Waals surface area (Å²) in [6, 6.07) is 7.98. The van der Waals surface area contributed by atoms with Gasteiger partial charge in [-0.2, -0.15) is 0 Å². The van der Waals surface area contributed by atoms with Gasteiger partial charge in [0.25, 0.3) is 0 Å². The molecule has 0 saturated heterocycles. The first-order valence-electron chi connectivity index (χ1n) is 6.76. The van der Waals surface area contributed by atoms with Crippen LogP contribution in [0.4, 0.5) is 5.69 Å². The quantitative estimate of drug-likeness (QED) is 0.804. The van der Waals surface area contributed by atoms with E-state index in [1.807, 2.05) is 18.2 Å². The van der Waals surface area contributed by atoms with Gasteiger partial charge in [-0.1, -0.05) is 44.4 Å². The van der Waals surface area contributed by atoms with E-state index in [0.717, 1.165) is 17.2 Å². The van der Waals surface area contributed by atoms with Gasteiger partial charge in [0, 0.05) is 11.3 Å². The van der Waals surface area contributed by atoms with Crippen LogP contribution >= 0.6 is 0 Å². The lowest BCUT2D eigenvalue weighted by Crippen LogP contribution is -2.27. The van der Waals surface area contributed by atoms with Gasteiger partial charge >= 0.3 is 0 Å². The predicted octanol–water partition coefficient (Wildman–Crippen LogP) is 3.75. The molecule has 1 aliphatic rings. The fourth-order valence-electron chi connectivity index (χ4n) is 2.72. The topological polar surface area (TPSA) is 35.2 Å². The largest absolute Gasteiger partial charge is 0.398 e. The maximum absolute atomic E-state index is 6.07. The molecule has 1 saturated carbocycles. The Morgan fingerprint density at radius 1 is 1.24 bits per heavy atom. The number of para-hydroxylation sites is 1. The van der Waals surface area contributed by atoms with Crippen molar-refractivity contribution >= 4 is 5.69 Å². The van der Waals surface area contributed by atoms with E-state index in [1.165, 1.54) is 32.1 Å². The molecule has 0 amide bonds. The predicted molar refractivity (Wildman–Crippen MR) is 71.7 cm³/mol. The Bertz CT molecular complexity index is 351. The van der Waals surface area contributed by atoms with Crippen molar-refractivity contribution in [3.05, 3.63) is 29.8 Å². The molecule has 2 heteroatoms. The van der Waals surface area contributed by atoms with Gasteiger partial charge in [0.2, 0.25) is 0 Å². The van der Waals surface area contributed by atoms with E-state index < -0.39 is 0 Å². The summed E-state index contributed by atoms with van der Waals surface area (Å²) in [6.07, 6.45) is 6.89. The van der Waals surface area contributed by atoms with Crippen molar-refractivity contribution in [3.8, 4) is 0 Å². The molecule has 2 atom stereocenters. The van der Waals surface area contributed by atoms with Gasteiger partial charge in [-0.15, -0.1) is 0 Å². The van der Waals surface area contributed by atoms with Crippen molar-refractivity contribution in [1.82, 2.24) is 0 Å². The van der Waals surface area contributed by atoms with E-state index in [-0.39, 0.29) is 0 Å². The summed E-state index contributed by atoms with van der Waals surface area (Å²) in [4.78, 5) is 0. The summed E-state index contributed by atoms with van der Waals surface area (Å²) in [6.45, 7) is 2.93. The second-order valence-corrected chi connectivity index (χ2v) is 5.00. The molecule has 17 heavy (non-hydrogen) atoms. The zero-order chi connectivity index (χ0) is 12.1. The zero-order valence-corrected chi connectivity index (χ0v) is 10.7. The number of hydrogen-bond donors (Lipinski definition) is 1. The number of nitrogens with two attached hydrogens (primary N) is 1. The summed E-state index contributed by atoms with van der Waals surface area (Å²) in [7, 11) is 0. The second-order valence-electron chi connectivity index (χ2n) is 5.00. The number of benzene rings is 1. The summed E-state index contributed by atoms with van der Waals surface area (Å²) < 4.78 is 6.07. The molecule has 0 aromatic heterocycles. The highest BCUT2D eigenvalue weighted by Crippen LogP contribution is 2.30. The van der Waals surface area contributed by atoms with Gasteiger partial charge in [0.05, 0.1) is 12.7 Å². The van der Waals surface area contributed by atoms with Gasteiger partial charge < -0.3 is 10.5 Å². The van der Waals surface area contributed by atoms with E-state index >= 15 is 0 Å². The Morgan fingerprint density at radius 3 is 2.76 bits per heavy atom. The van der Waals surface area contributed by atoms with Crippen molar-refractivity contribution in [2.45, 2.75) is 51.7 Å². The third kappa shape index (κ3) is 3.22. The molecule has 0 aliphatic heterocycles. The zero-order valence-electron chi connectivity index (χ0n) is 10.7. The molecule has 1 aromatic rings. The molecule has 2 unspecified atom stereocenters. The monoisotopic (exact) mass is 233 g/mol. The van der Waals surface area contributed by atoms with Crippen LogP contribution in [0.15, 0.2) is 24.3 Å². The molecule has 1 aliphatic carbocycles. The number of nitrogen functional groups attached to an aromatic ring is 1. The number of rotatable bonds is 4. The smallest absolute Gasteiger partial charge is 0.0740 e. The van der Waals surface area contributed by atoms with Crippen molar-refractivity contribution in [1.29, 1.82) is 0 Å². The van der Waals surface area contributed by atoms with Crippen LogP contribution in [0.1, 0.15) is 44.6 Å². The molecular formula is C15H23NO. The lowest BCUT2D eigenvalue weighted by Gasteiger charge is -2.30. The number of hydrogen-bond acceptors (Lipinski definition) is 2. The van der Waals surface area contributed by atoms with Crippen LogP contribution in [-0.2, 0) is 11.3 Å². The average molecular weight is 233 g/mol. The first-order chi connectivity index (χ1) is 8.31. The lowest BCUT2D eigenvalue weighted by atomic mass is 9.85. The fourth-order valence-corrected chi connectivity index (χ4v) is 2.72. The van der Waals surface area contributed by atoms with E-state index in [9.17, 15) is 0 Å². The lowest BCUT2D eigenvalue weighted by molar-refractivity contribution is -0.0219. The molecular weight excluding hydrogens is 210 g/mol. The maximum atomic E-state index is 6.07. The van der Waals surface area contributed by atoms with E-state index in [1.54, 1.807) is 0 Å². The van der Waals surface area contributed by atoms with Crippen LogP contribution in [0.3, 0.4) is 0 Å². The molecule has 2 rings (SSSR count). The summed E-state index contributed by atoms with van der Waals surface area (Å²) >= 11 is 0. The first kappa shape index (κ1) is 12.4. The normalized spacial score (nSPS) is 24.8. The van der Waals surface area contributed by atoms with Crippen LogP contribution in [0.5, 0.6) is 0 Å². The van der Waals surface area contributed by atoms with Gasteiger partial charge in [-0.05, 0) is 24.8 Å². The molecule has 1 fully saturated rings. The Labute approximate surface area is 104 Å². The first-order valence-corrected chi connectivity index (χ1v) is 6.76. The summed E-state index contributed by atoms with van der Waals surface area (Å²) in [5, 5.41) is 0. The molecule has 0 spiro atoms. The fraction of sp³-hybridized carbons (Fsp3) is 0.600. The minimum atomic E-state index is 0.438. The summed E-state index contributed by atoms with van der Waals surface area (Å²) in [5.74, 6) is 0.744. The van der Waals surface area contributed by atoms with Gasteiger partial charge in [-0.3, -0.25) is 0 Å². The standard InChI is InChI=1S/C15H23NO/c1-2-12-7-4-6-10-15(12)17-11-13-8-3-5-9-14(13)16/h3,5,8-9,12,15H,2,4,6-7,10-11,16H2,1H3. The Kier molecular flexibility index (Phi) is 4.43. The van der Waals surface area contributed by atoms with Crippen LogP contribution in [0.2, 0.25) is 0 Å². The van der Waals surface area contributed by atoms with Crippen molar-refractivity contribution in [3.63, 3.8) is 0 Å². The Hall–Kier alpha value is -1.02. The van der Waals surface area contributed by atoms with Gasteiger partial charge in [-0.25, -0.2) is 0 Å². The van der Waals surface area contributed by atoms with Crippen molar-refractivity contribution in [2.75, 3.05) is 5.73 Å². The minimum absolute atomic E-state index is 0.438.